The number of urea groups is 1. The van der Waals surface area contributed by atoms with Crippen LogP contribution in [0.1, 0.15) is 12.5 Å². The maximum Gasteiger partial charge on any atom is 0.315 e. The number of amides is 3. The Kier molecular flexibility index (Phi) is 5.80. The van der Waals surface area contributed by atoms with E-state index in [2.05, 4.69) is 16.0 Å². The third kappa shape index (κ3) is 5.18. The molecule has 0 saturated carbocycles. The molecule has 0 aliphatic heterocycles. The van der Waals surface area contributed by atoms with Gasteiger partial charge in [-0.2, -0.15) is 0 Å². The first kappa shape index (κ1) is 16.6. The molecular weight excluding hydrogens is 294 g/mol. The second-order valence-corrected chi connectivity index (χ2v) is 5.14. The lowest BCUT2D eigenvalue weighted by atomic mass is 10.1. The molecule has 0 aliphatic rings. The van der Waals surface area contributed by atoms with Crippen molar-refractivity contribution in [2.24, 2.45) is 0 Å². The van der Waals surface area contributed by atoms with Gasteiger partial charge in [-0.3, -0.25) is 4.79 Å². The van der Waals surface area contributed by atoms with Crippen LogP contribution in [0.3, 0.4) is 0 Å². The Morgan fingerprint density at radius 2 is 1.65 bits per heavy atom. The summed E-state index contributed by atoms with van der Waals surface area (Å²) in [6.07, 6.45) is 0. The smallest absolute Gasteiger partial charge is 0.315 e. The zero-order chi connectivity index (χ0) is 16.7. The Morgan fingerprint density at radius 3 is 2.39 bits per heavy atom. The molecule has 122 valence electrons. The third-order valence-electron chi connectivity index (χ3n) is 3.35. The van der Waals surface area contributed by atoms with Gasteiger partial charge in [0.25, 0.3) is 0 Å². The molecule has 23 heavy (non-hydrogen) atoms. The number of rotatable bonds is 6. The second-order valence-electron chi connectivity index (χ2n) is 5.14. The molecule has 0 aromatic heterocycles. The summed E-state index contributed by atoms with van der Waals surface area (Å²) in [7, 11) is 1.64. The van der Waals surface area contributed by atoms with E-state index >= 15 is 0 Å². The molecule has 2 rings (SSSR count). The van der Waals surface area contributed by atoms with Gasteiger partial charge in [-0.05, 0) is 34.5 Å². The van der Waals surface area contributed by atoms with Crippen LogP contribution in [0.25, 0.3) is 10.8 Å². The fourth-order valence-corrected chi connectivity index (χ4v) is 2.17. The number of carbonyl (C=O) groups excluding carboxylic acids is 2. The number of carbonyl (C=O) groups is 2. The van der Waals surface area contributed by atoms with Gasteiger partial charge in [0, 0.05) is 26.6 Å². The van der Waals surface area contributed by atoms with Gasteiger partial charge in [0.1, 0.15) is 5.75 Å². The van der Waals surface area contributed by atoms with Crippen LogP contribution in [0.4, 0.5) is 4.79 Å². The monoisotopic (exact) mass is 315 g/mol. The normalized spacial score (nSPS) is 10.2. The largest absolute Gasteiger partial charge is 0.497 e. The fourth-order valence-electron chi connectivity index (χ4n) is 2.17. The van der Waals surface area contributed by atoms with Gasteiger partial charge in [0.05, 0.1) is 7.11 Å². The van der Waals surface area contributed by atoms with Crippen LogP contribution in [-0.4, -0.2) is 32.1 Å². The van der Waals surface area contributed by atoms with E-state index in [4.69, 9.17) is 4.74 Å². The summed E-state index contributed by atoms with van der Waals surface area (Å²) >= 11 is 0. The van der Waals surface area contributed by atoms with E-state index in [1.54, 1.807) is 7.11 Å². The Morgan fingerprint density at radius 1 is 0.957 bits per heavy atom. The van der Waals surface area contributed by atoms with Gasteiger partial charge in [0.2, 0.25) is 5.91 Å². The fraction of sp³-hybridized carbons (Fsp3) is 0.294. The average Bonchev–Trinajstić information content (AvgIpc) is 2.56. The van der Waals surface area contributed by atoms with Gasteiger partial charge in [-0.1, -0.05) is 18.2 Å². The minimum Gasteiger partial charge on any atom is -0.497 e. The van der Waals surface area contributed by atoms with E-state index in [0.29, 0.717) is 19.6 Å². The van der Waals surface area contributed by atoms with E-state index in [1.165, 1.54) is 6.92 Å². The van der Waals surface area contributed by atoms with Crippen molar-refractivity contribution in [1.82, 2.24) is 16.0 Å². The van der Waals surface area contributed by atoms with E-state index in [1.807, 2.05) is 36.4 Å². The van der Waals surface area contributed by atoms with Gasteiger partial charge >= 0.3 is 6.03 Å². The summed E-state index contributed by atoms with van der Waals surface area (Å²) in [5.41, 5.74) is 1.01. The molecule has 3 N–H and O–H groups in total. The summed E-state index contributed by atoms with van der Waals surface area (Å²) in [4.78, 5) is 22.4. The lowest BCUT2D eigenvalue weighted by molar-refractivity contribution is -0.118. The first-order chi connectivity index (χ1) is 11.1. The van der Waals surface area contributed by atoms with Crippen molar-refractivity contribution in [1.29, 1.82) is 0 Å². The van der Waals surface area contributed by atoms with Crippen molar-refractivity contribution in [2.75, 3.05) is 20.2 Å². The molecular formula is C17H21N3O3. The summed E-state index contributed by atoms with van der Waals surface area (Å²) < 4.78 is 5.20. The molecule has 0 atom stereocenters. The van der Waals surface area contributed by atoms with Gasteiger partial charge < -0.3 is 20.7 Å². The van der Waals surface area contributed by atoms with Crippen LogP contribution < -0.4 is 20.7 Å². The highest BCUT2D eigenvalue weighted by Gasteiger charge is 2.02. The van der Waals surface area contributed by atoms with Gasteiger partial charge in [0.15, 0.2) is 0 Å². The standard InChI is InChI=1S/C17H21N3O3/c1-12(21)18-7-8-19-17(22)20-11-13-3-4-15-10-16(23-2)6-5-14(15)9-13/h3-6,9-10H,7-8,11H2,1-2H3,(H,18,21)(H2,19,20,22). The quantitative estimate of drug-likeness (QED) is 0.711. The van der Waals surface area contributed by atoms with Crippen LogP contribution in [0.5, 0.6) is 5.75 Å². The van der Waals surface area contributed by atoms with Crippen LogP contribution in [0, 0.1) is 0 Å². The van der Waals surface area contributed by atoms with Crippen LogP contribution in [0.15, 0.2) is 36.4 Å². The lowest BCUT2D eigenvalue weighted by Gasteiger charge is -2.09. The van der Waals surface area contributed by atoms with E-state index in [-0.39, 0.29) is 11.9 Å². The van der Waals surface area contributed by atoms with Crippen LogP contribution in [0.2, 0.25) is 0 Å². The van der Waals surface area contributed by atoms with E-state index in [0.717, 1.165) is 22.1 Å². The summed E-state index contributed by atoms with van der Waals surface area (Å²) in [5, 5.41) is 10.3. The van der Waals surface area contributed by atoms with Crippen LogP contribution in [-0.2, 0) is 11.3 Å². The molecule has 0 radical (unpaired) electrons. The summed E-state index contributed by atoms with van der Waals surface area (Å²) in [5.74, 6) is 0.710. The minimum atomic E-state index is -0.259. The summed E-state index contributed by atoms with van der Waals surface area (Å²) in [6, 6.07) is 11.6. The lowest BCUT2D eigenvalue weighted by Crippen LogP contribution is -2.39. The molecule has 0 heterocycles. The molecule has 0 unspecified atom stereocenters. The van der Waals surface area contributed by atoms with Gasteiger partial charge in [-0.25, -0.2) is 4.79 Å². The average molecular weight is 315 g/mol. The molecule has 2 aromatic carbocycles. The molecule has 6 nitrogen and oxygen atoms in total. The number of ether oxygens (including phenoxy) is 1. The highest BCUT2D eigenvalue weighted by Crippen LogP contribution is 2.21. The highest BCUT2D eigenvalue weighted by atomic mass is 16.5. The number of benzene rings is 2. The Balaban J connectivity index is 1.84. The zero-order valence-electron chi connectivity index (χ0n) is 13.3. The van der Waals surface area contributed by atoms with E-state index < -0.39 is 0 Å². The molecule has 0 aliphatic carbocycles. The predicted molar refractivity (Wildman–Crippen MR) is 89.4 cm³/mol. The Labute approximate surface area is 135 Å². The number of nitrogens with one attached hydrogen (secondary N) is 3. The first-order valence-corrected chi connectivity index (χ1v) is 7.41. The van der Waals surface area contributed by atoms with Crippen molar-refractivity contribution >= 4 is 22.7 Å². The molecule has 0 spiro atoms. The highest BCUT2D eigenvalue weighted by molar-refractivity contribution is 5.84. The van der Waals surface area contributed by atoms with Crippen molar-refractivity contribution in [3.8, 4) is 5.75 Å². The predicted octanol–water partition coefficient (Wildman–Crippen LogP) is 1.78. The Hall–Kier alpha value is -2.76. The molecule has 6 heteroatoms. The Bertz CT molecular complexity index is 701. The summed E-state index contributed by atoms with van der Waals surface area (Å²) in [6.45, 7) is 2.69. The molecule has 0 fully saturated rings. The number of hydrogen-bond acceptors (Lipinski definition) is 3. The topological polar surface area (TPSA) is 79.5 Å². The minimum absolute atomic E-state index is 0.111. The second kappa shape index (κ2) is 8.03. The maximum absolute atomic E-state index is 11.7. The SMILES string of the molecule is COc1ccc2cc(CNC(=O)NCCNC(C)=O)ccc2c1. The third-order valence-corrected chi connectivity index (χ3v) is 3.35. The van der Waals surface area contributed by atoms with Crippen molar-refractivity contribution < 1.29 is 14.3 Å². The molecule has 0 saturated heterocycles. The van der Waals surface area contributed by atoms with Crippen molar-refractivity contribution in [2.45, 2.75) is 13.5 Å². The number of methoxy groups -OCH3 is 1. The maximum atomic E-state index is 11.7. The zero-order valence-corrected chi connectivity index (χ0v) is 13.3. The van der Waals surface area contributed by atoms with Crippen LogP contribution >= 0.6 is 0 Å². The number of hydrogen-bond donors (Lipinski definition) is 3. The first-order valence-electron chi connectivity index (χ1n) is 7.41. The molecule has 0 bridgehead atoms. The van der Waals surface area contributed by atoms with E-state index in [9.17, 15) is 9.59 Å². The molecule has 3 amide bonds. The van der Waals surface area contributed by atoms with Gasteiger partial charge in [-0.15, -0.1) is 0 Å². The molecule has 2 aromatic rings. The van der Waals surface area contributed by atoms with Crippen molar-refractivity contribution in [3.63, 3.8) is 0 Å². The van der Waals surface area contributed by atoms with Crippen molar-refractivity contribution in [3.05, 3.63) is 42.0 Å². The number of fused-ring (bicyclic) bond motifs is 1.